The van der Waals surface area contributed by atoms with Gasteiger partial charge in [-0.05, 0) is 48.5 Å². The molecule has 3 N–H and O–H groups in total. The molecule has 1 heterocycles. The first-order valence-electron chi connectivity index (χ1n) is 8.38. The largest absolute Gasteiger partial charge is 0.362 e. The molecule has 0 unspecified atom stereocenters. The van der Waals surface area contributed by atoms with Gasteiger partial charge in [0.25, 0.3) is 5.91 Å². The third kappa shape index (κ3) is 5.57. The number of rotatable bonds is 5. The third-order valence-corrected chi connectivity index (χ3v) is 4.89. The van der Waals surface area contributed by atoms with Gasteiger partial charge in [-0.25, -0.2) is 0 Å². The molecule has 0 saturated heterocycles. The molecule has 0 radical (unpaired) electrons. The van der Waals surface area contributed by atoms with Gasteiger partial charge in [0.1, 0.15) is 0 Å². The van der Waals surface area contributed by atoms with E-state index in [2.05, 4.69) is 33.1 Å². The highest BCUT2D eigenvalue weighted by Crippen LogP contribution is 2.16. The minimum Gasteiger partial charge on any atom is -0.362 e. The van der Waals surface area contributed by atoms with Gasteiger partial charge in [-0.15, -0.1) is 0 Å². The van der Waals surface area contributed by atoms with Gasteiger partial charge in [-0.3, -0.25) is 15.1 Å². The number of carbonyl (C=O) groups excluding carboxylic acids is 1. The highest BCUT2D eigenvalue weighted by atomic mass is 32.2. The van der Waals surface area contributed by atoms with Crippen LogP contribution in [0.25, 0.3) is 0 Å². The summed E-state index contributed by atoms with van der Waals surface area (Å²) in [6, 6.07) is 17.3. The highest BCUT2D eigenvalue weighted by molar-refractivity contribution is 8.14. The normalized spacial score (nSPS) is 13.0. The summed E-state index contributed by atoms with van der Waals surface area (Å²) in [4.78, 5) is 16.4. The molecule has 2 aromatic carbocycles. The second kappa shape index (κ2) is 9.35. The number of hydrogen-bond acceptors (Lipinski definition) is 5. The molecule has 0 spiro atoms. The molecular formula is C19H20N4OS2. The lowest BCUT2D eigenvalue weighted by atomic mass is 10.1. The smallest absolute Gasteiger partial charge is 0.257 e. The predicted octanol–water partition coefficient (Wildman–Crippen LogP) is 3.05. The van der Waals surface area contributed by atoms with Crippen molar-refractivity contribution in [3.63, 3.8) is 0 Å². The molecule has 0 bridgehead atoms. The van der Waals surface area contributed by atoms with E-state index in [1.165, 1.54) is 5.56 Å². The van der Waals surface area contributed by atoms with Gasteiger partial charge in [0.15, 0.2) is 10.3 Å². The number of amides is 1. The van der Waals surface area contributed by atoms with Gasteiger partial charge < -0.3 is 10.6 Å². The molecule has 7 heteroatoms. The minimum atomic E-state index is -0.203. The Morgan fingerprint density at radius 3 is 2.58 bits per heavy atom. The van der Waals surface area contributed by atoms with Crippen LogP contribution in [0.15, 0.2) is 59.6 Å². The first-order chi connectivity index (χ1) is 12.7. The molecular weight excluding hydrogens is 364 g/mol. The van der Waals surface area contributed by atoms with Crippen molar-refractivity contribution >= 4 is 45.9 Å². The SMILES string of the molecule is O=C(NC(=S)NCCc1ccc(NC2=NCCS2)cc1)c1ccccc1. The van der Waals surface area contributed by atoms with Crippen molar-refractivity contribution in [2.75, 3.05) is 24.2 Å². The van der Waals surface area contributed by atoms with E-state index in [1.54, 1.807) is 23.9 Å². The Morgan fingerprint density at radius 2 is 1.88 bits per heavy atom. The van der Waals surface area contributed by atoms with Crippen LogP contribution in [0, 0.1) is 0 Å². The zero-order valence-corrected chi connectivity index (χ0v) is 15.8. The monoisotopic (exact) mass is 384 g/mol. The van der Waals surface area contributed by atoms with Gasteiger partial charge in [0, 0.05) is 23.5 Å². The lowest BCUT2D eigenvalue weighted by Crippen LogP contribution is -2.40. The number of hydrogen-bond donors (Lipinski definition) is 3. The number of aliphatic imine (C=N–C) groups is 1. The van der Waals surface area contributed by atoms with Crippen molar-refractivity contribution in [2.45, 2.75) is 6.42 Å². The van der Waals surface area contributed by atoms with E-state index in [0.717, 1.165) is 29.6 Å². The Hall–Kier alpha value is -2.38. The van der Waals surface area contributed by atoms with Gasteiger partial charge in [-0.1, -0.05) is 42.1 Å². The summed E-state index contributed by atoms with van der Waals surface area (Å²) >= 11 is 6.92. The van der Waals surface area contributed by atoms with Crippen LogP contribution in [0.2, 0.25) is 0 Å². The molecule has 3 rings (SSSR count). The summed E-state index contributed by atoms with van der Waals surface area (Å²) in [5.74, 6) is 0.846. The van der Waals surface area contributed by atoms with Gasteiger partial charge in [0.05, 0.1) is 6.54 Å². The Kier molecular flexibility index (Phi) is 6.62. The van der Waals surface area contributed by atoms with Crippen LogP contribution in [0.5, 0.6) is 0 Å². The summed E-state index contributed by atoms with van der Waals surface area (Å²) < 4.78 is 0. The van der Waals surface area contributed by atoms with Gasteiger partial charge in [-0.2, -0.15) is 0 Å². The van der Waals surface area contributed by atoms with E-state index in [0.29, 0.717) is 17.2 Å². The average molecular weight is 385 g/mol. The van der Waals surface area contributed by atoms with Gasteiger partial charge in [0.2, 0.25) is 0 Å². The summed E-state index contributed by atoms with van der Waals surface area (Å²) in [5, 5.41) is 10.4. The Labute approximate surface area is 162 Å². The van der Waals surface area contributed by atoms with Crippen molar-refractivity contribution in [1.82, 2.24) is 10.6 Å². The van der Waals surface area contributed by atoms with E-state index in [9.17, 15) is 4.79 Å². The molecule has 5 nitrogen and oxygen atoms in total. The van der Waals surface area contributed by atoms with E-state index in [4.69, 9.17) is 12.2 Å². The Bertz CT molecular complexity index is 791. The quantitative estimate of drug-likeness (QED) is 0.692. The zero-order chi connectivity index (χ0) is 18.2. The molecule has 1 aliphatic heterocycles. The van der Waals surface area contributed by atoms with Crippen LogP contribution in [0.3, 0.4) is 0 Å². The van der Waals surface area contributed by atoms with Crippen LogP contribution in [0.4, 0.5) is 5.69 Å². The molecule has 1 amide bonds. The zero-order valence-electron chi connectivity index (χ0n) is 14.2. The number of thiocarbonyl (C=S) groups is 1. The van der Waals surface area contributed by atoms with E-state index < -0.39 is 0 Å². The van der Waals surface area contributed by atoms with E-state index >= 15 is 0 Å². The van der Waals surface area contributed by atoms with Crippen molar-refractivity contribution in [3.05, 3.63) is 65.7 Å². The third-order valence-electron chi connectivity index (χ3n) is 3.75. The highest BCUT2D eigenvalue weighted by Gasteiger charge is 2.08. The van der Waals surface area contributed by atoms with Crippen molar-refractivity contribution in [2.24, 2.45) is 4.99 Å². The summed E-state index contributed by atoms with van der Waals surface area (Å²) in [5.41, 5.74) is 2.83. The first-order valence-corrected chi connectivity index (χ1v) is 9.77. The van der Waals surface area contributed by atoms with Crippen LogP contribution in [-0.4, -0.2) is 35.0 Å². The van der Waals surface area contributed by atoms with Crippen molar-refractivity contribution in [1.29, 1.82) is 0 Å². The number of carbonyl (C=O) groups is 1. The predicted molar refractivity (Wildman–Crippen MR) is 113 cm³/mol. The van der Waals surface area contributed by atoms with Crippen LogP contribution < -0.4 is 16.0 Å². The first kappa shape index (κ1) is 18.4. The summed E-state index contributed by atoms with van der Waals surface area (Å²) in [7, 11) is 0. The van der Waals surface area contributed by atoms with Crippen LogP contribution >= 0.6 is 24.0 Å². The average Bonchev–Trinajstić information content (AvgIpc) is 3.17. The van der Waals surface area contributed by atoms with Crippen molar-refractivity contribution in [3.8, 4) is 0 Å². The number of thioether (sulfide) groups is 1. The standard InChI is InChI=1S/C19H20N4OS2/c24-17(15-4-2-1-3-5-15)23-18(25)20-11-10-14-6-8-16(9-7-14)22-19-21-12-13-26-19/h1-9H,10-13H2,(H,21,22)(H2,20,23,24,25). The Balaban J connectivity index is 1.40. The molecule has 0 fully saturated rings. The van der Waals surface area contributed by atoms with E-state index in [-0.39, 0.29) is 5.91 Å². The van der Waals surface area contributed by atoms with E-state index in [1.807, 2.05) is 30.3 Å². The summed E-state index contributed by atoms with van der Waals surface area (Å²) in [6.07, 6.45) is 0.817. The molecule has 1 aliphatic rings. The van der Waals surface area contributed by atoms with Gasteiger partial charge >= 0.3 is 0 Å². The second-order valence-corrected chi connectivity index (χ2v) is 7.18. The number of nitrogens with one attached hydrogen (secondary N) is 3. The van der Waals surface area contributed by atoms with Crippen molar-refractivity contribution < 1.29 is 4.79 Å². The molecule has 0 aliphatic carbocycles. The maximum Gasteiger partial charge on any atom is 0.257 e. The number of nitrogens with zero attached hydrogens (tertiary/aromatic N) is 1. The van der Waals surface area contributed by atoms with Crippen LogP contribution in [-0.2, 0) is 6.42 Å². The number of benzene rings is 2. The molecule has 0 atom stereocenters. The maximum atomic E-state index is 12.0. The fourth-order valence-corrected chi connectivity index (χ4v) is 3.36. The molecule has 0 aromatic heterocycles. The minimum absolute atomic E-state index is 0.203. The van der Waals surface area contributed by atoms with Crippen LogP contribution in [0.1, 0.15) is 15.9 Å². The summed E-state index contributed by atoms with van der Waals surface area (Å²) in [6.45, 7) is 1.54. The lowest BCUT2D eigenvalue weighted by Gasteiger charge is -2.10. The molecule has 134 valence electrons. The topological polar surface area (TPSA) is 65.5 Å². The fraction of sp³-hybridized carbons (Fsp3) is 0.211. The molecule has 2 aromatic rings. The number of amidine groups is 1. The Morgan fingerprint density at radius 1 is 1.12 bits per heavy atom. The second-order valence-electron chi connectivity index (χ2n) is 5.68. The molecule has 0 saturated carbocycles. The molecule has 26 heavy (non-hydrogen) atoms. The maximum absolute atomic E-state index is 12.0. The lowest BCUT2D eigenvalue weighted by molar-refractivity contribution is 0.0976. The number of anilines is 1. The fourth-order valence-electron chi connectivity index (χ4n) is 2.42.